The average Bonchev–Trinajstić information content (AvgIpc) is 2.07. The van der Waals surface area contributed by atoms with E-state index in [1.54, 1.807) is 0 Å². The van der Waals surface area contributed by atoms with E-state index in [1.165, 1.54) is 12.1 Å². The summed E-state index contributed by atoms with van der Waals surface area (Å²) in [5.41, 5.74) is -0.390. The van der Waals surface area contributed by atoms with Gasteiger partial charge < -0.3 is 0 Å². The van der Waals surface area contributed by atoms with E-state index in [0.29, 0.717) is 0 Å². The molecule has 0 unspecified atom stereocenters. The van der Waals surface area contributed by atoms with Crippen LogP contribution in [0, 0.1) is 0 Å². The van der Waals surface area contributed by atoms with Gasteiger partial charge in [-0.3, -0.25) is 4.79 Å². The molecule has 0 saturated carbocycles. The van der Waals surface area contributed by atoms with E-state index in [0.717, 1.165) is 6.07 Å². The Labute approximate surface area is 93.6 Å². The molecule has 76 valence electrons. The van der Waals surface area contributed by atoms with E-state index in [1.807, 2.05) is 0 Å². The van der Waals surface area contributed by atoms with Crippen molar-refractivity contribution in [1.29, 1.82) is 0 Å². The number of carbonyl (C=O) groups is 1. The number of hydrogen-bond acceptors (Lipinski definition) is 1. The van der Waals surface area contributed by atoms with Gasteiger partial charge in [-0.2, -0.15) is 8.78 Å². The third-order valence-corrected chi connectivity index (χ3v) is 2.44. The Morgan fingerprint density at radius 2 is 1.86 bits per heavy atom. The van der Waals surface area contributed by atoms with Gasteiger partial charge in [-0.25, -0.2) is 0 Å². The number of halogens is 5. The minimum absolute atomic E-state index is 0.0263. The Morgan fingerprint density at radius 1 is 1.29 bits per heavy atom. The van der Waals surface area contributed by atoms with Crippen molar-refractivity contribution in [3.05, 3.63) is 33.8 Å². The molecule has 0 atom stereocenters. The molecule has 0 aliphatic rings. The average molecular weight is 259 g/mol. The topological polar surface area (TPSA) is 17.1 Å². The molecular weight excluding hydrogens is 256 g/mol. The fraction of sp³-hybridized carbons (Fsp3) is 0.125. The molecule has 0 saturated heterocycles. The van der Waals surface area contributed by atoms with Gasteiger partial charge in [0.05, 0.1) is 10.0 Å². The van der Waals surface area contributed by atoms with E-state index in [-0.39, 0.29) is 15.6 Å². The number of alkyl halides is 3. The predicted octanol–water partition coefficient (Wildman–Crippen LogP) is 4.01. The van der Waals surface area contributed by atoms with Crippen LogP contribution in [0.15, 0.2) is 18.2 Å². The van der Waals surface area contributed by atoms with Crippen molar-refractivity contribution in [2.75, 3.05) is 0 Å². The van der Waals surface area contributed by atoms with Gasteiger partial charge in [0, 0.05) is 5.56 Å². The van der Waals surface area contributed by atoms with Crippen LogP contribution in [0.1, 0.15) is 10.4 Å². The lowest BCUT2D eigenvalue weighted by Crippen LogP contribution is -2.21. The first-order valence-corrected chi connectivity index (χ1v) is 4.53. The van der Waals surface area contributed by atoms with Crippen LogP contribution in [0.3, 0.4) is 0 Å². The number of hydrogen-bond donors (Lipinski definition) is 0. The van der Waals surface area contributed by atoms with E-state index in [2.05, 4.69) is 11.6 Å². The highest BCUT2D eigenvalue weighted by Gasteiger charge is 2.37. The molecule has 0 spiro atoms. The molecule has 0 aromatic heterocycles. The Bertz CT molecular complexity index is 373. The Hall–Kier alpha value is -0.380. The zero-order valence-electron chi connectivity index (χ0n) is 6.53. The smallest absolute Gasteiger partial charge is 0.286 e. The van der Waals surface area contributed by atoms with Crippen LogP contribution in [0.5, 0.6) is 0 Å². The molecule has 0 N–H and O–H groups in total. The fourth-order valence-electron chi connectivity index (χ4n) is 0.832. The SMILES string of the molecule is O=C(c1cccc(Cl)c1Cl)C(F)(F)Cl. The zero-order chi connectivity index (χ0) is 10.9. The summed E-state index contributed by atoms with van der Waals surface area (Å²) in [5.74, 6) is -1.56. The summed E-state index contributed by atoms with van der Waals surface area (Å²) in [7, 11) is 0. The lowest BCUT2D eigenvalue weighted by molar-refractivity contribution is 0.0536. The van der Waals surface area contributed by atoms with E-state index in [4.69, 9.17) is 23.2 Å². The lowest BCUT2D eigenvalue weighted by atomic mass is 10.1. The maximum absolute atomic E-state index is 12.4. The summed E-state index contributed by atoms with van der Waals surface area (Å²) in [4.78, 5) is 11.0. The van der Waals surface area contributed by atoms with Gasteiger partial charge in [-0.05, 0) is 23.7 Å². The molecule has 6 heteroatoms. The van der Waals surface area contributed by atoms with Gasteiger partial charge in [0.2, 0.25) is 5.78 Å². The van der Waals surface area contributed by atoms with Crippen LogP contribution in [-0.4, -0.2) is 11.2 Å². The second kappa shape index (κ2) is 4.01. The van der Waals surface area contributed by atoms with Crippen LogP contribution < -0.4 is 0 Å². The summed E-state index contributed by atoms with van der Waals surface area (Å²) in [6, 6.07) is 3.85. The van der Waals surface area contributed by atoms with Crippen molar-refractivity contribution in [1.82, 2.24) is 0 Å². The summed E-state index contributed by atoms with van der Waals surface area (Å²) >= 11 is 15.6. The van der Waals surface area contributed by atoms with Crippen LogP contribution in [0.2, 0.25) is 10.0 Å². The van der Waals surface area contributed by atoms with Crippen LogP contribution in [-0.2, 0) is 0 Å². The van der Waals surface area contributed by atoms with Crippen molar-refractivity contribution in [2.24, 2.45) is 0 Å². The predicted molar refractivity (Wildman–Crippen MR) is 51.6 cm³/mol. The molecule has 1 rings (SSSR count). The lowest BCUT2D eigenvalue weighted by Gasteiger charge is -2.08. The molecule has 1 aromatic carbocycles. The first-order chi connectivity index (χ1) is 6.34. The van der Waals surface area contributed by atoms with Crippen molar-refractivity contribution < 1.29 is 13.6 Å². The first-order valence-electron chi connectivity index (χ1n) is 3.39. The second-order valence-corrected chi connectivity index (χ2v) is 3.69. The molecule has 1 aromatic rings. The van der Waals surface area contributed by atoms with Gasteiger partial charge >= 0.3 is 5.38 Å². The molecule has 1 nitrogen and oxygen atoms in total. The minimum atomic E-state index is -3.96. The van der Waals surface area contributed by atoms with Gasteiger partial charge in [0.15, 0.2) is 0 Å². The third-order valence-electron chi connectivity index (χ3n) is 1.45. The van der Waals surface area contributed by atoms with E-state index < -0.39 is 11.2 Å². The summed E-state index contributed by atoms with van der Waals surface area (Å²) in [6.07, 6.45) is 0. The summed E-state index contributed by atoms with van der Waals surface area (Å²) in [5, 5.41) is -4.16. The van der Waals surface area contributed by atoms with Crippen molar-refractivity contribution >= 4 is 40.6 Å². The molecule has 0 aliphatic heterocycles. The van der Waals surface area contributed by atoms with Gasteiger partial charge in [-0.15, -0.1) is 0 Å². The van der Waals surface area contributed by atoms with E-state index >= 15 is 0 Å². The quantitative estimate of drug-likeness (QED) is 0.579. The van der Waals surface area contributed by atoms with Crippen LogP contribution >= 0.6 is 34.8 Å². The van der Waals surface area contributed by atoms with Crippen LogP contribution in [0.25, 0.3) is 0 Å². The normalized spacial score (nSPS) is 11.5. The third kappa shape index (κ3) is 2.35. The Morgan fingerprint density at radius 3 is 2.36 bits per heavy atom. The fourth-order valence-corrected chi connectivity index (χ4v) is 1.32. The monoisotopic (exact) mass is 258 g/mol. The minimum Gasteiger partial charge on any atom is -0.286 e. The molecule has 14 heavy (non-hydrogen) atoms. The number of Topliss-reactive ketones (excluding diaryl/α,β-unsaturated/α-hetero) is 1. The molecule has 0 radical (unpaired) electrons. The largest absolute Gasteiger partial charge is 0.384 e. The van der Waals surface area contributed by atoms with Gasteiger partial charge in [-0.1, -0.05) is 29.3 Å². The molecule has 0 fully saturated rings. The van der Waals surface area contributed by atoms with E-state index in [9.17, 15) is 13.6 Å². The number of rotatable bonds is 2. The zero-order valence-corrected chi connectivity index (χ0v) is 8.80. The number of ketones is 1. The summed E-state index contributed by atoms with van der Waals surface area (Å²) < 4.78 is 24.9. The first kappa shape index (κ1) is 11.7. The molecule has 0 aliphatic carbocycles. The maximum Gasteiger partial charge on any atom is 0.384 e. The number of benzene rings is 1. The molecule has 0 bridgehead atoms. The molecular formula is C8H3Cl3F2O. The Balaban J connectivity index is 3.21. The van der Waals surface area contributed by atoms with Gasteiger partial charge in [0.1, 0.15) is 0 Å². The van der Waals surface area contributed by atoms with Crippen molar-refractivity contribution in [3.63, 3.8) is 0 Å². The Kier molecular flexibility index (Phi) is 3.35. The molecule has 0 amide bonds. The standard InChI is InChI=1S/C8H3Cl3F2O/c9-5-3-1-2-4(6(5)10)7(14)8(11,12)13/h1-3H. The van der Waals surface area contributed by atoms with Gasteiger partial charge in [0.25, 0.3) is 0 Å². The highest BCUT2D eigenvalue weighted by atomic mass is 35.5. The van der Waals surface area contributed by atoms with Crippen molar-refractivity contribution in [3.8, 4) is 0 Å². The van der Waals surface area contributed by atoms with Crippen molar-refractivity contribution in [2.45, 2.75) is 5.38 Å². The maximum atomic E-state index is 12.4. The highest BCUT2D eigenvalue weighted by molar-refractivity contribution is 6.45. The second-order valence-electron chi connectivity index (χ2n) is 2.43. The summed E-state index contributed by atoms with van der Waals surface area (Å²) in [6.45, 7) is 0. The molecule has 0 heterocycles. The highest BCUT2D eigenvalue weighted by Crippen LogP contribution is 2.31. The number of carbonyl (C=O) groups excluding carboxylic acids is 1. The van der Waals surface area contributed by atoms with Crippen LogP contribution in [0.4, 0.5) is 8.78 Å².